The van der Waals surface area contributed by atoms with Gasteiger partial charge in [0.25, 0.3) is 0 Å². The highest BCUT2D eigenvalue weighted by Gasteiger charge is 2.36. The van der Waals surface area contributed by atoms with Gasteiger partial charge in [0.2, 0.25) is 11.2 Å². The minimum atomic E-state index is -6.09. The summed E-state index contributed by atoms with van der Waals surface area (Å²) in [4.78, 5) is 4.28. The first-order valence-corrected chi connectivity index (χ1v) is 11.0. The van der Waals surface area contributed by atoms with Crippen LogP contribution in [0.3, 0.4) is 0 Å². The Balaban J connectivity index is 0.000000331. The van der Waals surface area contributed by atoms with Gasteiger partial charge in [0, 0.05) is 35.2 Å². The van der Waals surface area contributed by atoms with Crippen molar-refractivity contribution in [2.24, 2.45) is 7.05 Å². The van der Waals surface area contributed by atoms with Crippen LogP contribution < -0.4 is 4.57 Å². The van der Waals surface area contributed by atoms with Crippen LogP contribution in [-0.2, 0) is 17.2 Å². The molecule has 0 aliphatic carbocycles. The summed E-state index contributed by atoms with van der Waals surface area (Å²) in [5.41, 5.74) is -0.386. The van der Waals surface area contributed by atoms with Gasteiger partial charge in [-0.2, -0.15) is 17.7 Å². The molecule has 0 spiro atoms. The van der Waals surface area contributed by atoms with E-state index in [-0.39, 0.29) is 5.75 Å². The first-order valence-electron chi connectivity index (χ1n) is 9.55. The van der Waals surface area contributed by atoms with Gasteiger partial charge in [-0.1, -0.05) is 24.3 Å². The van der Waals surface area contributed by atoms with Crippen LogP contribution in [0.4, 0.5) is 13.2 Å². The molecule has 0 aliphatic rings. The first kappa shape index (κ1) is 24.1. The number of hydrogen-bond acceptors (Lipinski definition) is 5. The van der Waals surface area contributed by atoms with E-state index in [1.165, 1.54) is 16.5 Å². The normalized spacial score (nSPS) is 12.2. The number of nitrogens with zero attached hydrogens (tertiary/aromatic N) is 2. The Hall–Kier alpha value is -3.50. The van der Waals surface area contributed by atoms with E-state index in [2.05, 4.69) is 66.0 Å². The van der Waals surface area contributed by atoms with Gasteiger partial charge in [-0.15, -0.1) is 0 Å². The predicted molar refractivity (Wildman–Crippen MR) is 118 cm³/mol. The van der Waals surface area contributed by atoms with E-state index in [1.807, 2.05) is 18.2 Å². The standard InChI is InChI=1S/C22H18N2O.CHF3O3S/c1-15-5-3-7-20-18(15)12-11-17(24(20)2)10-9-16-13-14-23-22-19(16)6-4-8-21(22)25;2-1(3,4)8(5,6)7/h3-14H,1-2H3;(H,5,6,7). The van der Waals surface area contributed by atoms with Crippen LogP contribution in [0, 0.1) is 6.92 Å². The van der Waals surface area contributed by atoms with Gasteiger partial charge in [-0.3, -0.25) is 4.98 Å². The lowest BCUT2D eigenvalue weighted by Gasteiger charge is -2.08. The lowest BCUT2D eigenvalue weighted by Crippen LogP contribution is -2.32. The van der Waals surface area contributed by atoms with Crippen molar-refractivity contribution in [2.75, 3.05) is 0 Å². The van der Waals surface area contributed by atoms with Crippen LogP contribution in [0.25, 0.3) is 34.0 Å². The zero-order valence-electron chi connectivity index (χ0n) is 17.5. The molecule has 0 bridgehead atoms. The van der Waals surface area contributed by atoms with Gasteiger partial charge in [-0.05, 0) is 42.3 Å². The van der Waals surface area contributed by atoms with Crippen LogP contribution in [-0.4, -0.2) is 28.6 Å². The van der Waals surface area contributed by atoms with Crippen molar-refractivity contribution >= 4 is 44.1 Å². The molecule has 4 aromatic rings. The molecule has 0 atom stereocenters. The molecule has 0 saturated carbocycles. The summed E-state index contributed by atoms with van der Waals surface area (Å²) in [6, 6.07) is 18.1. The Bertz CT molecular complexity index is 1470. The monoisotopic (exact) mass is 476 g/mol. The van der Waals surface area contributed by atoms with E-state index >= 15 is 0 Å². The molecular weight excluding hydrogens is 457 g/mol. The second kappa shape index (κ2) is 9.16. The first-order chi connectivity index (χ1) is 15.4. The molecule has 4 rings (SSSR count). The Morgan fingerprint density at radius 2 is 1.67 bits per heavy atom. The number of phenolic OH excluding ortho intramolecular Hbond substituents is 1. The highest BCUT2D eigenvalue weighted by atomic mass is 32.2. The number of rotatable bonds is 2. The summed E-state index contributed by atoms with van der Waals surface area (Å²) in [7, 11) is -4.01. The molecule has 2 aromatic heterocycles. The minimum absolute atomic E-state index is 0.208. The zero-order chi connectivity index (χ0) is 24.4. The van der Waals surface area contributed by atoms with Crippen LogP contribution >= 0.6 is 0 Å². The van der Waals surface area contributed by atoms with Crippen LogP contribution in [0.15, 0.2) is 60.8 Å². The molecule has 6 nitrogen and oxygen atoms in total. The molecule has 172 valence electrons. The van der Waals surface area contributed by atoms with Crippen molar-refractivity contribution in [3.05, 3.63) is 77.6 Å². The van der Waals surface area contributed by atoms with Gasteiger partial charge in [0.15, 0.2) is 10.1 Å². The Kier molecular flexibility index (Phi) is 6.71. The third-order valence-electron chi connectivity index (χ3n) is 4.97. The van der Waals surface area contributed by atoms with E-state index in [0.29, 0.717) is 5.52 Å². The topological polar surface area (TPSA) is 94.2 Å². The van der Waals surface area contributed by atoms with Crippen molar-refractivity contribution in [3.63, 3.8) is 0 Å². The van der Waals surface area contributed by atoms with Crippen molar-refractivity contribution < 1.29 is 35.8 Å². The Morgan fingerprint density at radius 1 is 1.00 bits per heavy atom. The van der Waals surface area contributed by atoms with E-state index in [1.54, 1.807) is 12.3 Å². The van der Waals surface area contributed by atoms with Gasteiger partial charge in [0.1, 0.15) is 18.3 Å². The molecule has 0 radical (unpaired) electrons. The summed E-state index contributed by atoms with van der Waals surface area (Å²) in [6.45, 7) is 2.13. The fourth-order valence-electron chi connectivity index (χ4n) is 3.26. The quantitative estimate of drug-likeness (QED) is 0.262. The molecule has 1 N–H and O–H groups in total. The Morgan fingerprint density at radius 3 is 2.33 bits per heavy atom. The van der Waals surface area contributed by atoms with Crippen LogP contribution in [0.5, 0.6) is 5.75 Å². The fraction of sp³-hybridized carbons (Fsp3) is 0.130. The number of aromatic nitrogens is 2. The highest BCUT2D eigenvalue weighted by molar-refractivity contribution is 7.86. The molecule has 0 saturated heterocycles. The zero-order valence-corrected chi connectivity index (χ0v) is 18.4. The molecule has 10 heteroatoms. The van der Waals surface area contributed by atoms with Crippen LogP contribution in [0.1, 0.15) is 16.8 Å². The summed E-state index contributed by atoms with van der Waals surface area (Å²) in [5.74, 6) is 0.208. The number of aryl methyl sites for hydroxylation is 2. The largest absolute Gasteiger partial charge is 0.741 e. The average molecular weight is 476 g/mol. The number of phenols is 1. The van der Waals surface area contributed by atoms with Crippen molar-refractivity contribution in [3.8, 4) is 5.75 Å². The summed E-state index contributed by atoms with van der Waals surface area (Å²) >= 11 is 0. The minimum Gasteiger partial charge on any atom is -0.741 e. The fourth-order valence-corrected chi connectivity index (χ4v) is 3.26. The predicted octanol–water partition coefficient (Wildman–Crippen LogP) is 4.45. The smallest absolute Gasteiger partial charge is 0.485 e. The van der Waals surface area contributed by atoms with Gasteiger partial charge < -0.3 is 9.66 Å². The molecule has 0 fully saturated rings. The number of benzene rings is 2. The van der Waals surface area contributed by atoms with Crippen LogP contribution in [0.2, 0.25) is 0 Å². The number of para-hydroxylation sites is 1. The number of pyridine rings is 2. The molecule has 0 aliphatic heterocycles. The number of aromatic hydroxyl groups is 1. The maximum absolute atomic E-state index is 10.7. The third-order valence-corrected chi connectivity index (χ3v) is 5.54. The highest BCUT2D eigenvalue weighted by Crippen LogP contribution is 2.26. The molecule has 2 heterocycles. The Labute approximate surface area is 188 Å². The SMILES string of the molecule is Cc1cccc2c1ccc(C=Cc1ccnc3c(O)cccc13)[n+]2C.O=S(=O)([O-])C(F)(F)F. The van der Waals surface area contributed by atoms with Gasteiger partial charge in [0.05, 0.1) is 0 Å². The maximum Gasteiger partial charge on any atom is 0.485 e. The number of hydrogen-bond donors (Lipinski definition) is 1. The van der Waals surface area contributed by atoms with E-state index in [4.69, 9.17) is 13.0 Å². The van der Waals surface area contributed by atoms with E-state index in [9.17, 15) is 18.3 Å². The van der Waals surface area contributed by atoms with Crippen molar-refractivity contribution in [1.82, 2.24) is 4.98 Å². The molecule has 33 heavy (non-hydrogen) atoms. The van der Waals surface area contributed by atoms with E-state index < -0.39 is 15.6 Å². The average Bonchev–Trinajstić information content (AvgIpc) is 2.73. The molecule has 0 amide bonds. The summed E-state index contributed by atoms with van der Waals surface area (Å²) in [6.07, 6.45) is 5.90. The molecular formula is C23H19F3N2O4S. The molecule has 2 aromatic carbocycles. The summed E-state index contributed by atoms with van der Waals surface area (Å²) in [5, 5.41) is 12.2. The van der Waals surface area contributed by atoms with Crippen molar-refractivity contribution in [1.29, 1.82) is 0 Å². The summed E-state index contributed by atoms with van der Waals surface area (Å²) < 4.78 is 61.1. The number of alkyl halides is 3. The number of halogens is 3. The van der Waals surface area contributed by atoms with Gasteiger partial charge >= 0.3 is 5.51 Å². The maximum atomic E-state index is 10.7. The van der Waals surface area contributed by atoms with Gasteiger partial charge in [-0.25, -0.2) is 8.42 Å². The van der Waals surface area contributed by atoms with Crippen molar-refractivity contribution in [2.45, 2.75) is 12.4 Å². The second-order valence-corrected chi connectivity index (χ2v) is 8.50. The molecule has 0 unspecified atom stereocenters. The second-order valence-electron chi connectivity index (χ2n) is 7.13. The lowest BCUT2D eigenvalue weighted by molar-refractivity contribution is -0.646. The third kappa shape index (κ3) is 5.29. The lowest BCUT2D eigenvalue weighted by atomic mass is 10.1. The number of fused-ring (bicyclic) bond motifs is 2. The van der Waals surface area contributed by atoms with E-state index in [0.717, 1.165) is 16.6 Å².